The summed E-state index contributed by atoms with van der Waals surface area (Å²) < 4.78 is 48.7. The molecule has 0 bridgehead atoms. The Morgan fingerprint density at radius 1 is 1.07 bits per heavy atom. The number of sulfone groups is 2. The second kappa shape index (κ2) is 7.43. The van der Waals surface area contributed by atoms with Crippen LogP contribution in [0.15, 0.2) is 47.4 Å². The highest BCUT2D eigenvalue weighted by Gasteiger charge is 2.38. The normalized spacial score (nSPS) is 19.0. The summed E-state index contributed by atoms with van der Waals surface area (Å²) in [6, 6.07) is 10.2. The molecule has 2 aromatic rings. The van der Waals surface area contributed by atoms with Crippen molar-refractivity contribution < 1.29 is 21.6 Å². The number of benzene rings is 2. The number of amides is 1. The van der Waals surface area contributed by atoms with Crippen molar-refractivity contribution in [2.45, 2.75) is 16.6 Å². The molecule has 0 aliphatic carbocycles. The van der Waals surface area contributed by atoms with Gasteiger partial charge in [-0.05, 0) is 36.8 Å². The molecule has 27 heavy (non-hydrogen) atoms. The van der Waals surface area contributed by atoms with E-state index in [2.05, 4.69) is 5.32 Å². The number of rotatable bonds is 4. The molecule has 1 atom stereocenters. The zero-order chi connectivity index (χ0) is 19.8. The van der Waals surface area contributed by atoms with Crippen LogP contribution in [0.5, 0.6) is 0 Å². The molecule has 1 aliphatic rings. The number of carbonyl (C=O) groups excluding carboxylic acids is 1. The van der Waals surface area contributed by atoms with Gasteiger partial charge in [0.2, 0.25) is 0 Å². The third-order valence-electron chi connectivity index (χ3n) is 4.26. The van der Waals surface area contributed by atoms with Crippen molar-refractivity contribution in [1.82, 2.24) is 0 Å². The SMILES string of the molecule is O=C(Nc1c(Cl)cccc1Cl)c1cccc(S(=O)(=O)C2CCS(=O)(=O)C2)c1. The minimum absolute atomic E-state index is 0.0519. The lowest BCUT2D eigenvalue weighted by Crippen LogP contribution is -2.23. The zero-order valence-electron chi connectivity index (χ0n) is 13.9. The maximum atomic E-state index is 12.7. The van der Waals surface area contributed by atoms with Gasteiger partial charge in [0.05, 0.1) is 37.4 Å². The van der Waals surface area contributed by atoms with Crippen LogP contribution in [0.4, 0.5) is 5.69 Å². The largest absolute Gasteiger partial charge is 0.319 e. The van der Waals surface area contributed by atoms with Crippen LogP contribution in [0, 0.1) is 0 Å². The van der Waals surface area contributed by atoms with E-state index in [4.69, 9.17) is 23.2 Å². The van der Waals surface area contributed by atoms with E-state index < -0.39 is 36.6 Å². The van der Waals surface area contributed by atoms with Gasteiger partial charge >= 0.3 is 0 Å². The average Bonchev–Trinajstić information content (AvgIpc) is 2.99. The molecule has 10 heteroatoms. The highest BCUT2D eigenvalue weighted by atomic mass is 35.5. The lowest BCUT2D eigenvalue weighted by molar-refractivity contribution is 0.102. The summed E-state index contributed by atoms with van der Waals surface area (Å²) in [7, 11) is -7.22. The Labute approximate surface area is 167 Å². The van der Waals surface area contributed by atoms with Gasteiger partial charge in [-0.1, -0.05) is 35.3 Å². The molecule has 0 saturated carbocycles. The summed E-state index contributed by atoms with van der Waals surface area (Å²) in [5.74, 6) is -1.13. The summed E-state index contributed by atoms with van der Waals surface area (Å²) in [5, 5.41) is 2.05. The van der Waals surface area contributed by atoms with Crippen molar-refractivity contribution in [1.29, 1.82) is 0 Å². The fourth-order valence-corrected chi connectivity index (χ4v) is 7.71. The second-order valence-electron chi connectivity index (χ2n) is 6.15. The number of nitrogens with one attached hydrogen (secondary N) is 1. The lowest BCUT2D eigenvalue weighted by Gasteiger charge is -2.12. The first-order valence-electron chi connectivity index (χ1n) is 7.90. The Balaban J connectivity index is 1.88. The van der Waals surface area contributed by atoms with E-state index in [1.807, 2.05) is 0 Å². The summed E-state index contributed by atoms with van der Waals surface area (Å²) in [6.45, 7) is 0. The second-order valence-corrected chi connectivity index (χ2v) is 11.4. The lowest BCUT2D eigenvalue weighted by atomic mass is 10.2. The molecule has 1 N–H and O–H groups in total. The van der Waals surface area contributed by atoms with Crippen LogP contribution in [0.25, 0.3) is 0 Å². The Hall–Kier alpha value is -1.61. The number of para-hydroxylation sites is 1. The highest BCUT2D eigenvalue weighted by molar-refractivity contribution is 7.96. The monoisotopic (exact) mass is 447 g/mol. The summed E-state index contributed by atoms with van der Waals surface area (Å²) >= 11 is 12.1. The first-order chi connectivity index (χ1) is 12.6. The van der Waals surface area contributed by atoms with Gasteiger partial charge in [0.1, 0.15) is 0 Å². The maximum absolute atomic E-state index is 12.7. The van der Waals surface area contributed by atoms with Gasteiger partial charge in [-0.3, -0.25) is 4.79 Å². The molecule has 3 rings (SSSR count). The zero-order valence-corrected chi connectivity index (χ0v) is 17.0. The van der Waals surface area contributed by atoms with Crippen molar-refractivity contribution in [3.63, 3.8) is 0 Å². The number of carbonyl (C=O) groups is 1. The minimum Gasteiger partial charge on any atom is -0.319 e. The molecular formula is C17H15Cl2NO5S2. The molecular weight excluding hydrogens is 433 g/mol. The molecule has 1 amide bonds. The van der Waals surface area contributed by atoms with Crippen molar-refractivity contribution in [2.75, 3.05) is 16.8 Å². The Morgan fingerprint density at radius 2 is 1.70 bits per heavy atom. The van der Waals surface area contributed by atoms with E-state index >= 15 is 0 Å². The molecule has 2 aromatic carbocycles. The van der Waals surface area contributed by atoms with Gasteiger partial charge in [0.25, 0.3) is 5.91 Å². The predicted octanol–water partition coefficient (Wildman–Crippen LogP) is 3.21. The van der Waals surface area contributed by atoms with Crippen LogP contribution in [-0.2, 0) is 19.7 Å². The molecule has 144 valence electrons. The molecule has 0 spiro atoms. The Morgan fingerprint density at radius 3 is 2.30 bits per heavy atom. The fraction of sp³-hybridized carbons (Fsp3) is 0.235. The quantitative estimate of drug-likeness (QED) is 0.775. The molecule has 1 aliphatic heterocycles. The van der Waals surface area contributed by atoms with Gasteiger partial charge < -0.3 is 5.32 Å². The van der Waals surface area contributed by atoms with Crippen molar-refractivity contribution >= 4 is 54.5 Å². The highest BCUT2D eigenvalue weighted by Crippen LogP contribution is 2.31. The minimum atomic E-state index is -3.87. The molecule has 0 radical (unpaired) electrons. The van der Waals surface area contributed by atoms with Crippen LogP contribution < -0.4 is 5.32 Å². The first-order valence-corrected chi connectivity index (χ1v) is 12.0. The summed E-state index contributed by atoms with van der Waals surface area (Å²) in [5.41, 5.74) is 0.314. The summed E-state index contributed by atoms with van der Waals surface area (Å²) in [6.07, 6.45) is 0.0519. The van der Waals surface area contributed by atoms with E-state index in [0.29, 0.717) is 0 Å². The van der Waals surface area contributed by atoms with Gasteiger partial charge in [-0.2, -0.15) is 0 Å². The topological polar surface area (TPSA) is 97.4 Å². The van der Waals surface area contributed by atoms with E-state index in [9.17, 15) is 21.6 Å². The maximum Gasteiger partial charge on any atom is 0.255 e. The number of anilines is 1. The van der Waals surface area contributed by atoms with Crippen LogP contribution in [0.2, 0.25) is 10.0 Å². The molecule has 1 unspecified atom stereocenters. The third-order valence-corrected chi connectivity index (χ3v) is 9.06. The number of hydrogen-bond donors (Lipinski definition) is 1. The van der Waals surface area contributed by atoms with Crippen LogP contribution in [0.3, 0.4) is 0 Å². The fourth-order valence-electron chi connectivity index (χ4n) is 2.82. The molecule has 0 aromatic heterocycles. The van der Waals surface area contributed by atoms with E-state index in [1.165, 1.54) is 24.3 Å². The average molecular weight is 448 g/mol. The third kappa shape index (κ3) is 4.29. The van der Waals surface area contributed by atoms with E-state index in [-0.39, 0.29) is 38.4 Å². The van der Waals surface area contributed by atoms with Crippen molar-refractivity contribution in [2.24, 2.45) is 0 Å². The van der Waals surface area contributed by atoms with Gasteiger partial charge in [-0.15, -0.1) is 0 Å². The van der Waals surface area contributed by atoms with Crippen molar-refractivity contribution in [3.05, 3.63) is 58.1 Å². The van der Waals surface area contributed by atoms with Gasteiger partial charge in [-0.25, -0.2) is 16.8 Å². The molecule has 1 saturated heterocycles. The first kappa shape index (κ1) is 20.1. The number of halogens is 2. The van der Waals surface area contributed by atoms with Gasteiger partial charge in [0, 0.05) is 5.56 Å². The molecule has 6 nitrogen and oxygen atoms in total. The predicted molar refractivity (Wildman–Crippen MR) is 105 cm³/mol. The smallest absolute Gasteiger partial charge is 0.255 e. The molecule has 1 heterocycles. The molecule has 1 fully saturated rings. The van der Waals surface area contributed by atoms with Gasteiger partial charge in [0.15, 0.2) is 19.7 Å². The standard InChI is InChI=1S/C17H15Cl2NO5S2/c18-14-5-2-6-15(19)16(14)20-17(21)11-3-1-4-12(9-11)27(24,25)13-7-8-26(22,23)10-13/h1-6,9,13H,7-8,10H2,(H,20,21). The van der Waals surface area contributed by atoms with Crippen molar-refractivity contribution in [3.8, 4) is 0 Å². The van der Waals surface area contributed by atoms with E-state index in [0.717, 1.165) is 0 Å². The van der Waals surface area contributed by atoms with Crippen LogP contribution in [-0.4, -0.2) is 39.5 Å². The number of hydrogen-bond acceptors (Lipinski definition) is 5. The van der Waals surface area contributed by atoms with Crippen LogP contribution >= 0.6 is 23.2 Å². The van der Waals surface area contributed by atoms with Crippen LogP contribution in [0.1, 0.15) is 16.8 Å². The van der Waals surface area contributed by atoms with E-state index in [1.54, 1.807) is 18.2 Å². The Kier molecular flexibility index (Phi) is 5.54. The Bertz CT molecular complexity index is 1090. The summed E-state index contributed by atoms with van der Waals surface area (Å²) in [4.78, 5) is 12.4.